The maximum absolute atomic E-state index is 12.9. The number of carbonyl (C=O) groups excluding carboxylic acids is 1. The fraction of sp³-hybridized carbons (Fsp3) is 0.353. The molecule has 3 aromatic heterocycles. The molecule has 0 aliphatic carbocycles. The Hall–Kier alpha value is -2.87. The fourth-order valence-corrected chi connectivity index (χ4v) is 3.04. The topological polar surface area (TPSA) is 85.5 Å². The summed E-state index contributed by atoms with van der Waals surface area (Å²) in [6.07, 6.45) is 4.63. The van der Waals surface area contributed by atoms with Crippen molar-refractivity contribution in [3.63, 3.8) is 0 Å². The van der Waals surface area contributed by atoms with E-state index in [0.29, 0.717) is 31.0 Å². The number of morpholine rings is 1. The Bertz CT molecular complexity index is 924. The summed E-state index contributed by atoms with van der Waals surface area (Å²) >= 11 is 0. The number of amides is 1. The van der Waals surface area contributed by atoms with Gasteiger partial charge in [0, 0.05) is 36.4 Å². The number of carbonyl (C=O) groups is 1. The molecule has 4 heterocycles. The number of fused-ring (bicyclic) bond motifs is 1. The summed E-state index contributed by atoms with van der Waals surface area (Å²) in [6.45, 7) is 5.28. The van der Waals surface area contributed by atoms with Crippen LogP contribution in [0.25, 0.3) is 5.65 Å². The van der Waals surface area contributed by atoms with Crippen LogP contribution in [-0.4, -0.2) is 55.1 Å². The Kier molecular flexibility index (Phi) is 3.89. The molecule has 25 heavy (non-hydrogen) atoms. The van der Waals surface area contributed by atoms with Crippen LogP contribution in [0.1, 0.15) is 33.7 Å². The van der Waals surface area contributed by atoms with Gasteiger partial charge in [0.2, 0.25) is 0 Å². The van der Waals surface area contributed by atoms with Gasteiger partial charge in [0.25, 0.3) is 5.91 Å². The zero-order chi connectivity index (χ0) is 17.4. The standard InChI is InChI=1S/C17H18N6O2/c1-11-7-12(2)23-16(20-11)8-13(21-23)17(24)22-5-6-25-15(10-22)14-9-18-3-4-19-14/h3-4,7-9,15H,5-6,10H2,1-2H3/t15-/m1/s1. The van der Waals surface area contributed by atoms with E-state index in [9.17, 15) is 4.79 Å². The first-order valence-electron chi connectivity index (χ1n) is 8.12. The van der Waals surface area contributed by atoms with Crippen LogP contribution in [0.2, 0.25) is 0 Å². The summed E-state index contributed by atoms with van der Waals surface area (Å²) in [5.74, 6) is -0.125. The summed E-state index contributed by atoms with van der Waals surface area (Å²) in [5, 5.41) is 4.42. The van der Waals surface area contributed by atoms with Crippen LogP contribution in [0.4, 0.5) is 0 Å². The van der Waals surface area contributed by atoms with Crippen molar-refractivity contribution in [2.75, 3.05) is 19.7 Å². The molecular formula is C17H18N6O2. The average Bonchev–Trinajstić information content (AvgIpc) is 3.06. The average molecular weight is 338 g/mol. The van der Waals surface area contributed by atoms with E-state index in [1.54, 1.807) is 34.1 Å². The van der Waals surface area contributed by atoms with E-state index >= 15 is 0 Å². The van der Waals surface area contributed by atoms with Crippen LogP contribution < -0.4 is 0 Å². The lowest BCUT2D eigenvalue weighted by Gasteiger charge is -2.32. The SMILES string of the molecule is Cc1cc(C)n2nc(C(=O)N3CCO[C@@H](c4cnccn4)C3)cc2n1. The Morgan fingerprint density at radius 3 is 2.96 bits per heavy atom. The highest BCUT2D eigenvalue weighted by atomic mass is 16.5. The van der Waals surface area contributed by atoms with Crippen molar-refractivity contribution in [2.24, 2.45) is 0 Å². The quantitative estimate of drug-likeness (QED) is 0.701. The number of nitrogens with zero attached hydrogens (tertiary/aromatic N) is 6. The predicted octanol–water partition coefficient (Wildman–Crippen LogP) is 1.35. The van der Waals surface area contributed by atoms with E-state index < -0.39 is 0 Å². The Labute approximate surface area is 144 Å². The number of aromatic nitrogens is 5. The van der Waals surface area contributed by atoms with Crippen LogP contribution in [0.15, 0.2) is 30.7 Å². The molecule has 0 N–H and O–H groups in total. The van der Waals surface area contributed by atoms with Gasteiger partial charge in [0.05, 0.1) is 25.0 Å². The van der Waals surface area contributed by atoms with Crippen molar-refractivity contribution in [3.05, 3.63) is 53.5 Å². The lowest BCUT2D eigenvalue weighted by Crippen LogP contribution is -2.42. The molecule has 0 spiro atoms. The highest BCUT2D eigenvalue weighted by Crippen LogP contribution is 2.21. The van der Waals surface area contributed by atoms with Crippen LogP contribution >= 0.6 is 0 Å². The number of aryl methyl sites for hydroxylation is 2. The summed E-state index contributed by atoms with van der Waals surface area (Å²) in [6, 6.07) is 3.67. The van der Waals surface area contributed by atoms with Gasteiger partial charge in [-0.2, -0.15) is 5.10 Å². The Morgan fingerprint density at radius 1 is 1.28 bits per heavy atom. The van der Waals surface area contributed by atoms with Gasteiger partial charge in [-0.3, -0.25) is 14.8 Å². The number of hydrogen-bond acceptors (Lipinski definition) is 6. The third-order valence-corrected chi connectivity index (χ3v) is 4.22. The van der Waals surface area contributed by atoms with E-state index in [1.807, 2.05) is 19.9 Å². The van der Waals surface area contributed by atoms with Crippen molar-refractivity contribution >= 4 is 11.6 Å². The molecule has 0 aromatic carbocycles. The molecule has 0 saturated carbocycles. The second-order valence-corrected chi connectivity index (χ2v) is 6.08. The van der Waals surface area contributed by atoms with Gasteiger partial charge < -0.3 is 9.64 Å². The van der Waals surface area contributed by atoms with E-state index in [-0.39, 0.29) is 12.0 Å². The van der Waals surface area contributed by atoms with E-state index in [4.69, 9.17) is 4.74 Å². The number of hydrogen-bond donors (Lipinski definition) is 0. The molecule has 8 heteroatoms. The van der Waals surface area contributed by atoms with Gasteiger partial charge in [-0.15, -0.1) is 0 Å². The molecule has 1 amide bonds. The molecule has 8 nitrogen and oxygen atoms in total. The van der Waals surface area contributed by atoms with Gasteiger partial charge in [0.1, 0.15) is 6.10 Å². The largest absolute Gasteiger partial charge is 0.368 e. The molecular weight excluding hydrogens is 320 g/mol. The highest BCUT2D eigenvalue weighted by molar-refractivity contribution is 5.93. The molecule has 4 rings (SSSR count). The lowest BCUT2D eigenvalue weighted by atomic mass is 10.2. The van der Waals surface area contributed by atoms with E-state index in [1.165, 1.54) is 0 Å². The van der Waals surface area contributed by atoms with Crippen LogP contribution in [0, 0.1) is 13.8 Å². The lowest BCUT2D eigenvalue weighted by molar-refractivity contribution is -0.0250. The van der Waals surface area contributed by atoms with Crippen molar-refractivity contribution in [3.8, 4) is 0 Å². The van der Waals surface area contributed by atoms with E-state index in [2.05, 4.69) is 20.1 Å². The summed E-state index contributed by atoms with van der Waals surface area (Å²) in [4.78, 5) is 27.4. The zero-order valence-corrected chi connectivity index (χ0v) is 14.1. The van der Waals surface area contributed by atoms with Crippen molar-refractivity contribution < 1.29 is 9.53 Å². The first kappa shape index (κ1) is 15.6. The van der Waals surface area contributed by atoms with Gasteiger partial charge in [-0.25, -0.2) is 9.50 Å². The van der Waals surface area contributed by atoms with Crippen LogP contribution in [0.3, 0.4) is 0 Å². The van der Waals surface area contributed by atoms with Gasteiger partial charge >= 0.3 is 0 Å². The minimum absolute atomic E-state index is 0.125. The Balaban J connectivity index is 1.59. The monoisotopic (exact) mass is 338 g/mol. The zero-order valence-electron chi connectivity index (χ0n) is 14.1. The first-order valence-corrected chi connectivity index (χ1v) is 8.12. The smallest absolute Gasteiger partial charge is 0.274 e. The summed E-state index contributed by atoms with van der Waals surface area (Å²) in [5.41, 5.74) is 3.64. The normalized spacial score (nSPS) is 17.8. The van der Waals surface area contributed by atoms with Gasteiger partial charge in [0.15, 0.2) is 11.3 Å². The molecule has 1 aliphatic rings. The second kappa shape index (κ2) is 6.21. The first-order chi connectivity index (χ1) is 12.1. The van der Waals surface area contributed by atoms with Crippen molar-refractivity contribution in [1.82, 2.24) is 29.5 Å². The summed E-state index contributed by atoms with van der Waals surface area (Å²) < 4.78 is 7.43. The maximum atomic E-state index is 12.9. The number of ether oxygens (including phenoxy) is 1. The predicted molar refractivity (Wildman–Crippen MR) is 89.1 cm³/mol. The second-order valence-electron chi connectivity index (χ2n) is 6.08. The third kappa shape index (κ3) is 2.96. The van der Waals surface area contributed by atoms with Gasteiger partial charge in [-0.1, -0.05) is 0 Å². The van der Waals surface area contributed by atoms with Gasteiger partial charge in [-0.05, 0) is 19.9 Å². The van der Waals surface area contributed by atoms with Crippen LogP contribution in [-0.2, 0) is 4.74 Å². The molecule has 1 fully saturated rings. The third-order valence-electron chi connectivity index (χ3n) is 4.22. The minimum Gasteiger partial charge on any atom is -0.368 e. The fourth-order valence-electron chi connectivity index (χ4n) is 3.04. The molecule has 1 atom stereocenters. The highest BCUT2D eigenvalue weighted by Gasteiger charge is 2.28. The molecule has 1 aliphatic heterocycles. The maximum Gasteiger partial charge on any atom is 0.274 e. The van der Waals surface area contributed by atoms with Crippen molar-refractivity contribution in [2.45, 2.75) is 20.0 Å². The van der Waals surface area contributed by atoms with E-state index in [0.717, 1.165) is 17.1 Å². The number of rotatable bonds is 2. The molecule has 0 unspecified atom stereocenters. The molecule has 1 saturated heterocycles. The molecule has 128 valence electrons. The van der Waals surface area contributed by atoms with Crippen molar-refractivity contribution in [1.29, 1.82) is 0 Å². The molecule has 0 bridgehead atoms. The van der Waals surface area contributed by atoms with Crippen LogP contribution in [0.5, 0.6) is 0 Å². The minimum atomic E-state index is -0.273. The molecule has 3 aromatic rings. The summed E-state index contributed by atoms with van der Waals surface area (Å²) in [7, 11) is 0. The molecule has 0 radical (unpaired) electrons. The Morgan fingerprint density at radius 2 is 2.16 bits per heavy atom.